The van der Waals surface area contributed by atoms with Crippen molar-refractivity contribution in [1.82, 2.24) is 10.6 Å². The molecule has 21 heavy (non-hydrogen) atoms. The lowest BCUT2D eigenvalue weighted by atomic mass is 9.84. The number of nitrogens with one attached hydrogen (secondary N) is 2. The Bertz CT molecular complexity index is 484. The van der Waals surface area contributed by atoms with Gasteiger partial charge in [0.2, 0.25) is 0 Å². The molecule has 2 rings (SSSR count). The van der Waals surface area contributed by atoms with Gasteiger partial charge in [0.25, 0.3) is 0 Å². The molecule has 0 saturated heterocycles. The Morgan fingerprint density at radius 1 is 1.29 bits per heavy atom. The summed E-state index contributed by atoms with van der Waals surface area (Å²) >= 11 is 0. The molecule has 0 aromatic heterocycles. The van der Waals surface area contributed by atoms with E-state index < -0.39 is 0 Å². The fourth-order valence-corrected chi connectivity index (χ4v) is 2.19. The molecular weight excluding hydrogens is 380 g/mol. The second-order valence-electron chi connectivity index (χ2n) is 6.11. The third-order valence-electron chi connectivity index (χ3n) is 3.78. The third kappa shape index (κ3) is 5.45. The Labute approximate surface area is 143 Å². The summed E-state index contributed by atoms with van der Waals surface area (Å²) in [4.78, 5) is 4.21. The maximum absolute atomic E-state index is 13.9. The van der Waals surface area contributed by atoms with Crippen LogP contribution in [0.1, 0.15) is 32.3 Å². The van der Waals surface area contributed by atoms with Crippen molar-refractivity contribution < 1.29 is 4.39 Å². The molecule has 1 aromatic rings. The first-order valence-corrected chi connectivity index (χ1v) is 7.22. The molecule has 0 amide bonds. The number of rotatable bonds is 5. The zero-order chi connectivity index (χ0) is 14.6. The highest BCUT2D eigenvalue weighted by molar-refractivity contribution is 14.0. The van der Waals surface area contributed by atoms with Crippen molar-refractivity contribution in [1.29, 1.82) is 0 Å². The van der Waals surface area contributed by atoms with E-state index in [1.807, 2.05) is 26.0 Å². The molecule has 118 valence electrons. The van der Waals surface area contributed by atoms with Crippen LogP contribution in [0, 0.1) is 11.7 Å². The summed E-state index contributed by atoms with van der Waals surface area (Å²) in [6, 6.07) is 6.95. The van der Waals surface area contributed by atoms with Crippen LogP contribution >= 0.6 is 24.0 Å². The number of aliphatic imine (C=N–C) groups is 1. The van der Waals surface area contributed by atoms with Crippen LogP contribution in [0.5, 0.6) is 0 Å². The highest BCUT2D eigenvalue weighted by Crippen LogP contribution is 2.27. The number of guanidine groups is 1. The number of hydrogen-bond donors (Lipinski definition) is 2. The van der Waals surface area contributed by atoms with Gasteiger partial charge in [0.15, 0.2) is 5.96 Å². The molecule has 0 spiro atoms. The molecule has 0 unspecified atom stereocenters. The van der Waals surface area contributed by atoms with Gasteiger partial charge in [-0.2, -0.15) is 0 Å². The molecule has 0 bridgehead atoms. The predicted octanol–water partition coefficient (Wildman–Crippen LogP) is 3.30. The Morgan fingerprint density at radius 3 is 2.52 bits per heavy atom. The minimum atomic E-state index is -0.289. The van der Waals surface area contributed by atoms with Gasteiger partial charge < -0.3 is 10.6 Å². The average molecular weight is 405 g/mol. The van der Waals surface area contributed by atoms with E-state index in [9.17, 15) is 4.39 Å². The van der Waals surface area contributed by atoms with E-state index in [-0.39, 0.29) is 35.2 Å². The summed E-state index contributed by atoms with van der Waals surface area (Å²) in [7, 11) is 1.76. The quantitative estimate of drug-likeness (QED) is 0.448. The first kappa shape index (κ1) is 18.2. The zero-order valence-electron chi connectivity index (χ0n) is 12.9. The first-order chi connectivity index (χ1) is 9.53. The van der Waals surface area contributed by atoms with Crippen molar-refractivity contribution in [3.8, 4) is 0 Å². The second kappa shape index (κ2) is 7.96. The lowest BCUT2D eigenvalue weighted by Gasteiger charge is -2.27. The molecular formula is C16H25FIN3. The van der Waals surface area contributed by atoms with Gasteiger partial charge in [-0.05, 0) is 30.4 Å². The Morgan fingerprint density at radius 2 is 1.95 bits per heavy atom. The lowest BCUT2D eigenvalue weighted by molar-refractivity contribution is 0.473. The molecule has 0 atom stereocenters. The molecule has 1 aliphatic carbocycles. The molecule has 1 aromatic carbocycles. The molecule has 2 N–H and O–H groups in total. The minimum absolute atomic E-state index is 0. The zero-order valence-corrected chi connectivity index (χ0v) is 15.3. The maximum Gasteiger partial charge on any atom is 0.191 e. The largest absolute Gasteiger partial charge is 0.356 e. The van der Waals surface area contributed by atoms with E-state index in [2.05, 4.69) is 15.6 Å². The SMILES string of the molecule is CN=C(NCC1CC1)NCC(C)(C)c1ccccc1F.I. The van der Waals surface area contributed by atoms with E-state index in [0.717, 1.165) is 24.0 Å². The van der Waals surface area contributed by atoms with Crippen molar-refractivity contribution >= 4 is 29.9 Å². The highest BCUT2D eigenvalue weighted by atomic mass is 127. The van der Waals surface area contributed by atoms with Gasteiger partial charge in [-0.3, -0.25) is 4.99 Å². The van der Waals surface area contributed by atoms with Crippen molar-refractivity contribution in [3.63, 3.8) is 0 Å². The molecule has 0 heterocycles. The molecule has 1 aliphatic rings. The smallest absolute Gasteiger partial charge is 0.191 e. The fraction of sp³-hybridized carbons (Fsp3) is 0.562. The standard InChI is InChI=1S/C16H24FN3.HI/c1-16(2,13-6-4-5-7-14(13)17)11-20-15(18-3)19-10-12-8-9-12;/h4-7,12H,8-11H2,1-3H3,(H2,18,19,20);1H. The van der Waals surface area contributed by atoms with Crippen LogP contribution in [0.25, 0.3) is 0 Å². The van der Waals surface area contributed by atoms with Crippen LogP contribution < -0.4 is 10.6 Å². The van der Waals surface area contributed by atoms with Crippen LogP contribution in [0.2, 0.25) is 0 Å². The molecule has 0 radical (unpaired) electrons. The summed E-state index contributed by atoms with van der Waals surface area (Å²) < 4.78 is 13.9. The van der Waals surface area contributed by atoms with Crippen molar-refractivity contribution in [2.75, 3.05) is 20.1 Å². The normalized spacial score (nSPS) is 15.3. The van der Waals surface area contributed by atoms with E-state index in [1.54, 1.807) is 13.1 Å². The molecule has 3 nitrogen and oxygen atoms in total. The van der Waals surface area contributed by atoms with Crippen LogP contribution in [0.3, 0.4) is 0 Å². The molecule has 1 saturated carbocycles. The van der Waals surface area contributed by atoms with Crippen LogP contribution in [0.15, 0.2) is 29.3 Å². The van der Waals surface area contributed by atoms with Crippen LogP contribution in [-0.4, -0.2) is 26.1 Å². The topological polar surface area (TPSA) is 36.4 Å². The highest BCUT2D eigenvalue weighted by Gasteiger charge is 2.25. The lowest BCUT2D eigenvalue weighted by Crippen LogP contribution is -2.44. The third-order valence-corrected chi connectivity index (χ3v) is 3.78. The Hall–Kier alpha value is -0.850. The van der Waals surface area contributed by atoms with Gasteiger partial charge in [0.05, 0.1) is 0 Å². The summed E-state index contributed by atoms with van der Waals surface area (Å²) in [6.45, 7) is 5.68. The van der Waals surface area contributed by atoms with E-state index in [0.29, 0.717) is 6.54 Å². The minimum Gasteiger partial charge on any atom is -0.356 e. The first-order valence-electron chi connectivity index (χ1n) is 7.22. The number of benzene rings is 1. The van der Waals surface area contributed by atoms with Crippen molar-refractivity contribution in [3.05, 3.63) is 35.6 Å². The van der Waals surface area contributed by atoms with E-state index >= 15 is 0 Å². The monoisotopic (exact) mass is 405 g/mol. The Balaban J connectivity index is 0.00000220. The van der Waals surface area contributed by atoms with E-state index in [4.69, 9.17) is 0 Å². The van der Waals surface area contributed by atoms with Crippen LogP contribution in [-0.2, 0) is 5.41 Å². The van der Waals surface area contributed by atoms with Gasteiger partial charge in [0.1, 0.15) is 5.82 Å². The molecule has 0 aliphatic heterocycles. The van der Waals surface area contributed by atoms with Gasteiger partial charge >= 0.3 is 0 Å². The number of hydrogen-bond acceptors (Lipinski definition) is 1. The van der Waals surface area contributed by atoms with Gasteiger partial charge in [-0.15, -0.1) is 24.0 Å². The summed E-state index contributed by atoms with van der Waals surface area (Å²) in [5.74, 6) is 1.44. The fourth-order valence-electron chi connectivity index (χ4n) is 2.19. The molecule has 5 heteroatoms. The van der Waals surface area contributed by atoms with Crippen molar-refractivity contribution in [2.45, 2.75) is 32.1 Å². The average Bonchev–Trinajstić information content (AvgIpc) is 3.23. The summed E-state index contributed by atoms with van der Waals surface area (Å²) in [5.41, 5.74) is 0.438. The van der Waals surface area contributed by atoms with Gasteiger partial charge in [0, 0.05) is 25.6 Å². The van der Waals surface area contributed by atoms with Crippen molar-refractivity contribution in [2.24, 2.45) is 10.9 Å². The number of nitrogens with zero attached hydrogens (tertiary/aromatic N) is 1. The molecule has 1 fully saturated rings. The maximum atomic E-state index is 13.9. The van der Waals surface area contributed by atoms with Gasteiger partial charge in [-0.25, -0.2) is 4.39 Å². The number of halogens is 2. The van der Waals surface area contributed by atoms with E-state index in [1.165, 1.54) is 18.9 Å². The van der Waals surface area contributed by atoms with Gasteiger partial charge in [-0.1, -0.05) is 32.0 Å². The second-order valence-corrected chi connectivity index (χ2v) is 6.11. The summed E-state index contributed by atoms with van der Waals surface area (Å²) in [6.07, 6.45) is 2.62. The summed E-state index contributed by atoms with van der Waals surface area (Å²) in [5, 5.41) is 6.61. The van der Waals surface area contributed by atoms with Crippen LogP contribution in [0.4, 0.5) is 4.39 Å². The Kier molecular flexibility index (Phi) is 6.90. The predicted molar refractivity (Wildman–Crippen MR) is 96.9 cm³/mol.